The number of benzene rings is 1. The molecule has 0 saturated heterocycles. The van der Waals surface area contributed by atoms with Gasteiger partial charge in [0.1, 0.15) is 5.69 Å². The molecule has 0 aliphatic heterocycles. The minimum atomic E-state index is 0.101. The summed E-state index contributed by atoms with van der Waals surface area (Å²) in [4.78, 5) is 18.7. The SMILES string of the molecule is CCN(CC)C(=O)CSc1nnc(-c2ccccn2)n1-c1cc(C)cc(C)c1. The Hall–Kier alpha value is -2.67. The number of pyridine rings is 1. The summed E-state index contributed by atoms with van der Waals surface area (Å²) >= 11 is 1.41. The Morgan fingerprint density at radius 3 is 2.39 bits per heavy atom. The average Bonchev–Trinajstić information content (AvgIpc) is 3.11. The minimum Gasteiger partial charge on any atom is -0.343 e. The second kappa shape index (κ2) is 9.01. The van der Waals surface area contributed by atoms with Crippen molar-refractivity contribution >= 4 is 17.7 Å². The highest BCUT2D eigenvalue weighted by molar-refractivity contribution is 7.99. The summed E-state index contributed by atoms with van der Waals surface area (Å²) in [6.07, 6.45) is 1.74. The average molecular weight is 396 g/mol. The molecule has 28 heavy (non-hydrogen) atoms. The molecular weight excluding hydrogens is 370 g/mol. The molecule has 0 atom stereocenters. The van der Waals surface area contributed by atoms with Crippen LogP contribution in [-0.4, -0.2) is 49.4 Å². The fourth-order valence-corrected chi connectivity index (χ4v) is 3.99. The van der Waals surface area contributed by atoms with Crippen LogP contribution >= 0.6 is 11.8 Å². The van der Waals surface area contributed by atoms with E-state index in [0.717, 1.165) is 22.5 Å². The molecule has 3 rings (SSSR count). The topological polar surface area (TPSA) is 63.9 Å². The van der Waals surface area contributed by atoms with Gasteiger partial charge in [-0.25, -0.2) is 0 Å². The van der Waals surface area contributed by atoms with Gasteiger partial charge in [0.15, 0.2) is 11.0 Å². The number of amides is 1. The van der Waals surface area contributed by atoms with Gasteiger partial charge in [-0.1, -0.05) is 23.9 Å². The van der Waals surface area contributed by atoms with Crippen LogP contribution in [0.4, 0.5) is 0 Å². The third-order valence-electron chi connectivity index (χ3n) is 4.43. The summed E-state index contributed by atoms with van der Waals surface area (Å²) in [6, 6.07) is 12.0. The van der Waals surface area contributed by atoms with Gasteiger partial charge in [0.25, 0.3) is 0 Å². The van der Waals surface area contributed by atoms with Crippen molar-refractivity contribution in [1.29, 1.82) is 0 Å². The van der Waals surface area contributed by atoms with Crippen LogP contribution in [0.2, 0.25) is 0 Å². The van der Waals surface area contributed by atoms with Crippen molar-refractivity contribution in [3.05, 3.63) is 53.7 Å². The highest BCUT2D eigenvalue weighted by atomic mass is 32.2. The van der Waals surface area contributed by atoms with Crippen LogP contribution < -0.4 is 0 Å². The van der Waals surface area contributed by atoms with Gasteiger partial charge in [0.05, 0.1) is 11.4 Å². The lowest BCUT2D eigenvalue weighted by Gasteiger charge is -2.18. The van der Waals surface area contributed by atoms with E-state index in [2.05, 4.69) is 47.2 Å². The Kier molecular flexibility index (Phi) is 6.46. The van der Waals surface area contributed by atoms with Gasteiger partial charge >= 0.3 is 0 Å². The van der Waals surface area contributed by atoms with Crippen molar-refractivity contribution in [3.8, 4) is 17.2 Å². The van der Waals surface area contributed by atoms with Crippen LogP contribution in [0, 0.1) is 13.8 Å². The van der Waals surface area contributed by atoms with E-state index >= 15 is 0 Å². The van der Waals surface area contributed by atoms with Crippen molar-refractivity contribution in [2.75, 3.05) is 18.8 Å². The highest BCUT2D eigenvalue weighted by Crippen LogP contribution is 2.28. The molecular formula is C21H25N5OS. The molecule has 2 aromatic heterocycles. The Balaban J connectivity index is 2.01. The van der Waals surface area contributed by atoms with Crippen molar-refractivity contribution in [2.45, 2.75) is 32.9 Å². The van der Waals surface area contributed by atoms with E-state index in [1.807, 2.05) is 41.5 Å². The lowest BCUT2D eigenvalue weighted by molar-refractivity contribution is -0.127. The third-order valence-corrected chi connectivity index (χ3v) is 5.35. The molecule has 1 aromatic carbocycles. The van der Waals surface area contributed by atoms with Crippen molar-refractivity contribution < 1.29 is 4.79 Å². The van der Waals surface area contributed by atoms with Crippen molar-refractivity contribution in [2.24, 2.45) is 0 Å². The standard InChI is InChI=1S/C21H25N5OS/c1-5-25(6-2)19(27)14-28-21-24-23-20(18-9-7-8-10-22-18)26(21)17-12-15(3)11-16(4)13-17/h7-13H,5-6,14H2,1-4H3. The number of nitrogens with zero attached hydrogens (tertiary/aromatic N) is 5. The number of carbonyl (C=O) groups excluding carboxylic acids is 1. The highest BCUT2D eigenvalue weighted by Gasteiger charge is 2.19. The Morgan fingerprint density at radius 1 is 1.07 bits per heavy atom. The van der Waals surface area contributed by atoms with Crippen LogP contribution in [0.25, 0.3) is 17.2 Å². The quantitative estimate of drug-likeness (QED) is 0.568. The maximum Gasteiger partial charge on any atom is 0.233 e. The van der Waals surface area contributed by atoms with E-state index in [1.54, 1.807) is 6.20 Å². The first kappa shape index (κ1) is 20.1. The molecule has 0 spiro atoms. The smallest absolute Gasteiger partial charge is 0.233 e. The Morgan fingerprint density at radius 2 is 1.79 bits per heavy atom. The van der Waals surface area contributed by atoms with Crippen LogP contribution in [0.1, 0.15) is 25.0 Å². The summed E-state index contributed by atoms with van der Waals surface area (Å²) in [7, 11) is 0. The first-order valence-electron chi connectivity index (χ1n) is 9.39. The number of carbonyl (C=O) groups is 1. The molecule has 2 heterocycles. The van der Waals surface area contributed by atoms with Gasteiger partial charge < -0.3 is 4.90 Å². The number of aromatic nitrogens is 4. The fraction of sp³-hybridized carbons (Fsp3) is 0.333. The van der Waals surface area contributed by atoms with Gasteiger partial charge in [-0.2, -0.15) is 0 Å². The maximum atomic E-state index is 12.4. The largest absolute Gasteiger partial charge is 0.343 e. The number of rotatable bonds is 7. The van der Waals surface area contributed by atoms with Gasteiger partial charge in [-0.15, -0.1) is 10.2 Å². The summed E-state index contributed by atoms with van der Waals surface area (Å²) < 4.78 is 1.99. The second-order valence-corrected chi connectivity index (χ2v) is 7.50. The van der Waals surface area contributed by atoms with Crippen LogP contribution in [-0.2, 0) is 4.79 Å². The lowest BCUT2D eigenvalue weighted by Crippen LogP contribution is -2.31. The number of aryl methyl sites for hydroxylation is 2. The number of hydrogen-bond donors (Lipinski definition) is 0. The molecule has 0 saturated carbocycles. The van der Waals surface area contributed by atoms with Crippen LogP contribution in [0.15, 0.2) is 47.8 Å². The molecule has 0 bridgehead atoms. The van der Waals surface area contributed by atoms with Crippen LogP contribution in [0.3, 0.4) is 0 Å². The van der Waals surface area contributed by atoms with Gasteiger partial charge in [-0.3, -0.25) is 14.3 Å². The molecule has 0 aliphatic carbocycles. The zero-order chi connectivity index (χ0) is 20.1. The van der Waals surface area contributed by atoms with E-state index in [0.29, 0.717) is 29.8 Å². The Bertz CT molecular complexity index is 930. The summed E-state index contributed by atoms with van der Waals surface area (Å²) in [5.74, 6) is 1.10. The molecule has 0 unspecified atom stereocenters. The summed E-state index contributed by atoms with van der Waals surface area (Å²) in [5.41, 5.74) is 4.04. The van der Waals surface area contributed by atoms with Crippen molar-refractivity contribution in [3.63, 3.8) is 0 Å². The zero-order valence-electron chi connectivity index (χ0n) is 16.7. The predicted octanol–water partition coefficient (Wildman–Crippen LogP) is 3.91. The first-order chi connectivity index (χ1) is 13.5. The van der Waals surface area contributed by atoms with Crippen LogP contribution in [0.5, 0.6) is 0 Å². The van der Waals surface area contributed by atoms with E-state index < -0.39 is 0 Å². The molecule has 6 nitrogen and oxygen atoms in total. The number of hydrogen-bond acceptors (Lipinski definition) is 5. The fourth-order valence-electron chi connectivity index (χ4n) is 3.13. The molecule has 1 amide bonds. The second-order valence-electron chi connectivity index (χ2n) is 6.56. The maximum absolute atomic E-state index is 12.4. The summed E-state index contributed by atoms with van der Waals surface area (Å²) in [5, 5.41) is 9.45. The summed E-state index contributed by atoms with van der Waals surface area (Å²) in [6.45, 7) is 9.53. The van der Waals surface area contributed by atoms with E-state index in [9.17, 15) is 4.79 Å². The van der Waals surface area contributed by atoms with Gasteiger partial charge in [-0.05, 0) is 63.1 Å². The first-order valence-corrected chi connectivity index (χ1v) is 10.4. The van der Waals surface area contributed by atoms with E-state index in [1.165, 1.54) is 11.8 Å². The van der Waals surface area contributed by atoms with Gasteiger partial charge in [0, 0.05) is 19.3 Å². The molecule has 0 N–H and O–H groups in total. The van der Waals surface area contributed by atoms with E-state index in [4.69, 9.17) is 0 Å². The predicted molar refractivity (Wildman–Crippen MR) is 113 cm³/mol. The third kappa shape index (κ3) is 4.42. The lowest BCUT2D eigenvalue weighted by atomic mass is 10.1. The zero-order valence-corrected chi connectivity index (χ0v) is 17.5. The Labute approximate surface area is 170 Å². The van der Waals surface area contributed by atoms with E-state index in [-0.39, 0.29) is 5.91 Å². The molecule has 0 fully saturated rings. The molecule has 146 valence electrons. The molecule has 0 radical (unpaired) electrons. The molecule has 0 aliphatic rings. The minimum absolute atomic E-state index is 0.101. The van der Waals surface area contributed by atoms with Crippen molar-refractivity contribution in [1.82, 2.24) is 24.6 Å². The normalized spacial score (nSPS) is 10.9. The number of thioether (sulfide) groups is 1. The molecule has 7 heteroatoms. The molecule has 3 aromatic rings. The van der Waals surface area contributed by atoms with Gasteiger partial charge in [0.2, 0.25) is 5.91 Å². The monoisotopic (exact) mass is 395 g/mol.